The number of hydrogen-bond donors (Lipinski definition) is 0. The van der Waals surface area contributed by atoms with Crippen molar-refractivity contribution in [2.45, 2.75) is 6.92 Å². The molecule has 0 radical (unpaired) electrons. The van der Waals surface area contributed by atoms with Crippen molar-refractivity contribution in [3.8, 4) is 11.1 Å². The molecule has 0 unspecified atom stereocenters. The predicted molar refractivity (Wildman–Crippen MR) is 111 cm³/mol. The van der Waals surface area contributed by atoms with Gasteiger partial charge in [0.25, 0.3) is 0 Å². The van der Waals surface area contributed by atoms with Crippen LogP contribution in [0.3, 0.4) is 0 Å². The molecule has 0 aliphatic heterocycles. The zero-order valence-corrected chi connectivity index (χ0v) is 14.5. The minimum Gasteiger partial charge on any atom is -0.308 e. The molecular formula is C25H17N. The highest BCUT2D eigenvalue weighted by Gasteiger charge is 2.16. The molecule has 0 spiro atoms. The number of aryl methyl sites for hydroxylation is 1. The van der Waals surface area contributed by atoms with Crippen LogP contribution in [0.4, 0.5) is 0 Å². The number of rotatable bonds is 1. The van der Waals surface area contributed by atoms with Crippen molar-refractivity contribution in [3.63, 3.8) is 0 Å². The molecule has 0 aliphatic rings. The van der Waals surface area contributed by atoms with Crippen LogP contribution in [-0.2, 0) is 0 Å². The lowest BCUT2D eigenvalue weighted by Gasteiger charge is -2.04. The fraction of sp³-hybridized carbons (Fsp3) is 0.0400. The summed E-state index contributed by atoms with van der Waals surface area (Å²) < 4.78 is 2.42. The second kappa shape index (κ2) is 4.86. The van der Waals surface area contributed by atoms with Crippen LogP contribution in [0.2, 0.25) is 0 Å². The van der Waals surface area contributed by atoms with Crippen LogP contribution in [0.15, 0.2) is 84.9 Å². The topological polar surface area (TPSA) is 4.41 Å². The Balaban J connectivity index is 1.77. The maximum absolute atomic E-state index is 2.42. The van der Waals surface area contributed by atoms with Crippen LogP contribution in [0, 0.1) is 6.92 Å². The highest BCUT2D eigenvalue weighted by molar-refractivity contribution is 6.23. The van der Waals surface area contributed by atoms with E-state index in [1.807, 2.05) is 0 Å². The lowest BCUT2D eigenvalue weighted by Crippen LogP contribution is -1.82. The van der Waals surface area contributed by atoms with Gasteiger partial charge in [0.05, 0.1) is 16.6 Å². The summed E-state index contributed by atoms with van der Waals surface area (Å²) in [6.07, 6.45) is 0. The van der Waals surface area contributed by atoms with Gasteiger partial charge in [-0.2, -0.15) is 0 Å². The first-order valence-corrected chi connectivity index (χ1v) is 9.05. The van der Waals surface area contributed by atoms with Crippen LogP contribution in [0.5, 0.6) is 0 Å². The van der Waals surface area contributed by atoms with Gasteiger partial charge in [-0.1, -0.05) is 72.3 Å². The van der Waals surface area contributed by atoms with Gasteiger partial charge in [0, 0.05) is 21.5 Å². The molecule has 4 aromatic carbocycles. The van der Waals surface area contributed by atoms with E-state index >= 15 is 0 Å². The van der Waals surface area contributed by atoms with Crippen LogP contribution < -0.4 is 0 Å². The largest absolute Gasteiger partial charge is 0.308 e. The Bertz CT molecular complexity index is 1420. The smallest absolute Gasteiger partial charge is 0.0620 e. The van der Waals surface area contributed by atoms with Crippen molar-refractivity contribution in [2.75, 3.05) is 0 Å². The summed E-state index contributed by atoms with van der Waals surface area (Å²) >= 11 is 0. The summed E-state index contributed by atoms with van der Waals surface area (Å²) in [5.41, 5.74) is 7.75. The van der Waals surface area contributed by atoms with Crippen molar-refractivity contribution >= 4 is 38.1 Å². The minimum atomic E-state index is 1.27. The number of fused-ring (bicyclic) bond motifs is 6. The third kappa shape index (κ3) is 1.70. The standard InChI is InChI=1S/C25H17N/c1-16-9-11-17(12-10-16)18-13-14-24-22(15-18)21-7-4-6-20-19-5-2-3-8-23(19)26(24)25(20)21/h2-15H,1H3. The van der Waals surface area contributed by atoms with Gasteiger partial charge in [0.2, 0.25) is 0 Å². The first kappa shape index (κ1) is 13.9. The van der Waals surface area contributed by atoms with E-state index in [9.17, 15) is 0 Å². The first-order chi connectivity index (χ1) is 12.8. The number of hydrogen-bond acceptors (Lipinski definition) is 0. The van der Waals surface area contributed by atoms with Gasteiger partial charge in [-0.05, 0) is 36.2 Å². The molecule has 0 aliphatic carbocycles. The highest BCUT2D eigenvalue weighted by Crippen LogP contribution is 2.39. The van der Waals surface area contributed by atoms with Gasteiger partial charge >= 0.3 is 0 Å². The van der Waals surface area contributed by atoms with Crippen molar-refractivity contribution in [3.05, 3.63) is 90.5 Å². The van der Waals surface area contributed by atoms with Crippen LogP contribution >= 0.6 is 0 Å². The quantitative estimate of drug-likeness (QED) is 0.312. The van der Waals surface area contributed by atoms with E-state index in [0.717, 1.165) is 0 Å². The molecule has 0 atom stereocenters. The van der Waals surface area contributed by atoms with E-state index in [1.165, 1.54) is 54.8 Å². The average Bonchev–Trinajstić information content (AvgIpc) is 3.20. The molecule has 1 heteroatoms. The van der Waals surface area contributed by atoms with Crippen molar-refractivity contribution < 1.29 is 0 Å². The van der Waals surface area contributed by atoms with Gasteiger partial charge in [0.15, 0.2) is 0 Å². The summed E-state index contributed by atoms with van der Waals surface area (Å²) in [5.74, 6) is 0. The molecular weight excluding hydrogens is 314 g/mol. The minimum absolute atomic E-state index is 1.27. The summed E-state index contributed by atoms with van der Waals surface area (Å²) in [5, 5.41) is 5.33. The Morgan fingerprint density at radius 3 is 2.04 bits per heavy atom. The second-order valence-corrected chi connectivity index (χ2v) is 7.15. The Hall–Kier alpha value is -3.32. The summed E-state index contributed by atoms with van der Waals surface area (Å²) in [4.78, 5) is 0. The zero-order chi connectivity index (χ0) is 17.3. The molecule has 0 fully saturated rings. The van der Waals surface area contributed by atoms with Gasteiger partial charge < -0.3 is 4.40 Å². The number of nitrogens with zero attached hydrogens (tertiary/aromatic N) is 1. The molecule has 6 rings (SSSR count). The maximum atomic E-state index is 2.42. The van der Waals surface area contributed by atoms with Gasteiger partial charge in [-0.25, -0.2) is 0 Å². The van der Waals surface area contributed by atoms with Gasteiger partial charge in [-0.3, -0.25) is 0 Å². The van der Waals surface area contributed by atoms with Crippen LogP contribution in [0.25, 0.3) is 49.2 Å². The highest BCUT2D eigenvalue weighted by atomic mass is 14.9. The summed E-state index contributed by atoms with van der Waals surface area (Å²) in [6.45, 7) is 2.13. The molecule has 122 valence electrons. The van der Waals surface area contributed by atoms with Gasteiger partial charge in [-0.15, -0.1) is 0 Å². The van der Waals surface area contributed by atoms with Gasteiger partial charge in [0.1, 0.15) is 0 Å². The Morgan fingerprint density at radius 2 is 1.19 bits per heavy atom. The van der Waals surface area contributed by atoms with Crippen molar-refractivity contribution in [1.29, 1.82) is 0 Å². The monoisotopic (exact) mass is 331 g/mol. The van der Waals surface area contributed by atoms with Crippen LogP contribution in [-0.4, -0.2) is 4.40 Å². The fourth-order valence-electron chi connectivity index (χ4n) is 4.36. The summed E-state index contributed by atoms with van der Waals surface area (Å²) in [7, 11) is 0. The zero-order valence-electron chi connectivity index (χ0n) is 14.5. The first-order valence-electron chi connectivity index (χ1n) is 9.05. The van der Waals surface area contributed by atoms with E-state index in [-0.39, 0.29) is 0 Å². The second-order valence-electron chi connectivity index (χ2n) is 7.15. The lowest BCUT2D eigenvalue weighted by atomic mass is 10.0. The van der Waals surface area contributed by atoms with E-state index in [4.69, 9.17) is 0 Å². The normalized spacial score (nSPS) is 12.0. The lowest BCUT2D eigenvalue weighted by molar-refractivity contribution is 1.37. The molecule has 2 aromatic heterocycles. The van der Waals surface area contributed by atoms with Crippen molar-refractivity contribution in [2.24, 2.45) is 0 Å². The Kier molecular flexibility index (Phi) is 2.60. The van der Waals surface area contributed by atoms with Crippen molar-refractivity contribution in [1.82, 2.24) is 4.40 Å². The Labute approximate surface area is 151 Å². The fourth-order valence-corrected chi connectivity index (χ4v) is 4.36. The summed E-state index contributed by atoms with van der Waals surface area (Å²) in [6, 6.07) is 31.0. The molecule has 1 nitrogen and oxygen atoms in total. The molecule has 6 aromatic rings. The van der Waals surface area contributed by atoms with E-state index in [0.29, 0.717) is 0 Å². The number of benzene rings is 4. The molecule has 26 heavy (non-hydrogen) atoms. The predicted octanol–water partition coefficient (Wildman–Crippen LogP) is 6.81. The van der Waals surface area contributed by atoms with E-state index < -0.39 is 0 Å². The third-order valence-electron chi connectivity index (χ3n) is 5.61. The molecule has 0 N–H and O–H groups in total. The number of para-hydroxylation sites is 2. The molecule has 0 saturated carbocycles. The number of aromatic nitrogens is 1. The SMILES string of the molecule is Cc1ccc(-c2ccc3c(c2)c2cccc4c5ccccc5n3c42)cc1. The maximum Gasteiger partial charge on any atom is 0.0620 e. The van der Waals surface area contributed by atoms with E-state index in [2.05, 4.69) is 96.3 Å². The van der Waals surface area contributed by atoms with Crippen LogP contribution in [0.1, 0.15) is 5.56 Å². The third-order valence-corrected chi connectivity index (χ3v) is 5.61. The molecule has 0 bridgehead atoms. The molecule has 2 heterocycles. The average molecular weight is 331 g/mol. The molecule has 0 amide bonds. The van der Waals surface area contributed by atoms with E-state index in [1.54, 1.807) is 0 Å². The molecule has 0 saturated heterocycles. The Morgan fingerprint density at radius 1 is 0.538 bits per heavy atom.